The number of aromatic nitrogens is 1. The number of benzene rings is 2. The van der Waals surface area contributed by atoms with Gasteiger partial charge in [-0.25, -0.2) is 4.98 Å². The predicted molar refractivity (Wildman–Crippen MR) is 116 cm³/mol. The van der Waals surface area contributed by atoms with Crippen molar-refractivity contribution in [2.45, 2.75) is 44.4 Å². The van der Waals surface area contributed by atoms with E-state index in [9.17, 15) is 9.59 Å². The van der Waals surface area contributed by atoms with Crippen molar-refractivity contribution in [1.29, 1.82) is 0 Å². The SMILES string of the molecule is CNC(=O)c1cccc(CCNC(=O)c2ccc3nc(C4CCCCC4)oc3c2)c1. The van der Waals surface area contributed by atoms with E-state index in [1.54, 1.807) is 25.2 Å². The molecule has 0 unspecified atom stereocenters. The van der Waals surface area contributed by atoms with Crippen LogP contribution in [0.1, 0.15) is 70.2 Å². The highest BCUT2D eigenvalue weighted by Gasteiger charge is 2.21. The highest BCUT2D eigenvalue weighted by molar-refractivity contribution is 5.97. The number of hydrogen-bond donors (Lipinski definition) is 2. The molecule has 2 N–H and O–H groups in total. The van der Waals surface area contributed by atoms with E-state index in [2.05, 4.69) is 15.6 Å². The molecule has 1 heterocycles. The van der Waals surface area contributed by atoms with Gasteiger partial charge in [0.15, 0.2) is 11.5 Å². The summed E-state index contributed by atoms with van der Waals surface area (Å²) in [5.41, 5.74) is 3.65. The lowest BCUT2D eigenvalue weighted by Gasteiger charge is -2.17. The summed E-state index contributed by atoms with van der Waals surface area (Å²) in [5, 5.41) is 5.56. The van der Waals surface area contributed by atoms with Crippen molar-refractivity contribution < 1.29 is 14.0 Å². The van der Waals surface area contributed by atoms with Gasteiger partial charge in [-0.05, 0) is 55.2 Å². The van der Waals surface area contributed by atoms with E-state index in [0.717, 1.165) is 29.8 Å². The summed E-state index contributed by atoms with van der Waals surface area (Å²) in [6.45, 7) is 0.484. The van der Waals surface area contributed by atoms with Gasteiger partial charge in [0.05, 0.1) is 0 Å². The number of carbonyl (C=O) groups excluding carboxylic acids is 2. The van der Waals surface area contributed by atoms with E-state index < -0.39 is 0 Å². The van der Waals surface area contributed by atoms with Crippen molar-refractivity contribution in [3.63, 3.8) is 0 Å². The molecule has 30 heavy (non-hydrogen) atoms. The molecule has 1 saturated carbocycles. The van der Waals surface area contributed by atoms with Gasteiger partial charge in [-0.2, -0.15) is 0 Å². The summed E-state index contributed by atoms with van der Waals surface area (Å²) in [7, 11) is 1.61. The average Bonchev–Trinajstić information content (AvgIpc) is 3.23. The number of amides is 2. The first-order valence-electron chi connectivity index (χ1n) is 10.6. The van der Waals surface area contributed by atoms with Crippen LogP contribution in [-0.4, -0.2) is 30.4 Å². The minimum Gasteiger partial charge on any atom is -0.440 e. The summed E-state index contributed by atoms with van der Waals surface area (Å²) in [5.74, 6) is 0.941. The topological polar surface area (TPSA) is 84.2 Å². The highest BCUT2D eigenvalue weighted by Crippen LogP contribution is 2.33. The molecule has 1 aliphatic carbocycles. The number of nitrogens with zero attached hydrogens (tertiary/aromatic N) is 1. The molecule has 156 valence electrons. The van der Waals surface area contributed by atoms with Crippen LogP contribution in [-0.2, 0) is 6.42 Å². The quantitative estimate of drug-likeness (QED) is 0.643. The molecule has 1 aromatic heterocycles. The molecule has 0 saturated heterocycles. The Kier molecular flexibility index (Phi) is 6.12. The fourth-order valence-corrected chi connectivity index (χ4v) is 4.04. The van der Waals surface area contributed by atoms with E-state index in [-0.39, 0.29) is 11.8 Å². The third-order valence-electron chi connectivity index (χ3n) is 5.74. The Morgan fingerprint density at radius 2 is 1.83 bits per heavy atom. The van der Waals surface area contributed by atoms with Gasteiger partial charge in [0, 0.05) is 30.6 Å². The third kappa shape index (κ3) is 4.53. The lowest BCUT2D eigenvalue weighted by Crippen LogP contribution is -2.25. The maximum atomic E-state index is 12.6. The summed E-state index contributed by atoms with van der Waals surface area (Å²) in [6.07, 6.45) is 6.64. The first-order valence-corrected chi connectivity index (χ1v) is 10.6. The molecule has 6 nitrogen and oxygen atoms in total. The van der Waals surface area contributed by atoms with Crippen molar-refractivity contribution in [2.75, 3.05) is 13.6 Å². The van der Waals surface area contributed by atoms with Gasteiger partial charge in [-0.15, -0.1) is 0 Å². The molecule has 3 aromatic rings. The van der Waals surface area contributed by atoms with Gasteiger partial charge in [-0.1, -0.05) is 31.4 Å². The molecule has 0 radical (unpaired) electrons. The van der Waals surface area contributed by atoms with Crippen LogP contribution in [0.3, 0.4) is 0 Å². The van der Waals surface area contributed by atoms with E-state index in [1.165, 1.54) is 19.3 Å². The van der Waals surface area contributed by atoms with Crippen molar-refractivity contribution in [3.8, 4) is 0 Å². The molecule has 2 aromatic carbocycles. The zero-order chi connectivity index (χ0) is 20.9. The molecular formula is C24H27N3O3. The van der Waals surface area contributed by atoms with Crippen LogP contribution in [0.5, 0.6) is 0 Å². The molecule has 1 aliphatic rings. The Bertz CT molecular complexity index is 1050. The van der Waals surface area contributed by atoms with Crippen molar-refractivity contribution in [3.05, 3.63) is 65.0 Å². The van der Waals surface area contributed by atoms with Gasteiger partial charge in [0.2, 0.25) is 0 Å². The van der Waals surface area contributed by atoms with Gasteiger partial charge >= 0.3 is 0 Å². The zero-order valence-corrected chi connectivity index (χ0v) is 17.2. The lowest BCUT2D eigenvalue weighted by atomic mass is 9.89. The largest absolute Gasteiger partial charge is 0.440 e. The summed E-state index contributed by atoms with van der Waals surface area (Å²) in [4.78, 5) is 29.0. The molecular weight excluding hydrogens is 378 g/mol. The van der Waals surface area contributed by atoms with Gasteiger partial charge in [-0.3, -0.25) is 9.59 Å². The van der Waals surface area contributed by atoms with Crippen LogP contribution >= 0.6 is 0 Å². The maximum absolute atomic E-state index is 12.6. The molecule has 0 aliphatic heterocycles. The Hall–Kier alpha value is -3.15. The average molecular weight is 405 g/mol. The lowest BCUT2D eigenvalue weighted by molar-refractivity contribution is 0.0948. The maximum Gasteiger partial charge on any atom is 0.251 e. The zero-order valence-electron chi connectivity index (χ0n) is 17.2. The van der Waals surface area contributed by atoms with Crippen LogP contribution in [0.15, 0.2) is 46.9 Å². The number of carbonyl (C=O) groups is 2. The summed E-state index contributed by atoms with van der Waals surface area (Å²) in [6, 6.07) is 12.8. The summed E-state index contributed by atoms with van der Waals surface area (Å²) >= 11 is 0. The molecule has 2 amide bonds. The number of oxazole rings is 1. The summed E-state index contributed by atoms with van der Waals surface area (Å²) < 4.78 is 5.99. The number of rotatable bonds is 6. The second-order valence-corrected chi connectivity index (χ2v) is 7.85. The second-order valence-electron chi connectivity index (χ2n) is 7.85. The Morgan fingerprint density at radius 3 is 2.63 bits per heavy atom. The van der Waals surface area contributed by atoms with E-state index in [1.807, 2.05) is 24.3 Å². The van der Waals surface area contributed by atoms with Crippen LogP contribution in [0, 0.1) is 0 Å². The minimum absolute atomic E-state index is 0.117. The van der Waals surface area contributed by atoms with E-state index in [0.29, 0.717) is 35.6 Å². The van der Waals surface area contributed by atoms with E-state index in [4.69, 9.17) is 4.42 Å². The standard InChI is InChI=1S/C24H27N3O3/c1-25-22(28)18-9-5-6-16(14-18)12-13-26-23(29)19-10-11-20-21(15-19)30-24(27-20)17-7-3-2-4-8-17/h5-6,9-11,14-15,17H,2-4,7-8,12-13H2,1H3,(H,25,28)(H,26,29). The van der Waals surface area contributed by atoms with Crippen molar-refractivity contribution >= 4 is 22.9 Å². The number of nitrogens with one attached hydrogen (secondary N) is 2. The molecule has 0 bridgehead atoms. The van der Waals surface area contributed by atoms with Crippen LogP contribution in [0.4, 0.5) is 0 Å². The molecule has 0 spiro atoms. The van der Waals surface area contributed by atoms with Gasteiger partial charge < -0.3 is 15.1 Å². The first kappa shape index (κ1) is 20.1. The predicted octanol–water partition coefficient (Wildman–Crippen LogP) is 4.21. The Balaban J connectivity index is 1.38. The Labute approximate surface area is 176 Å². The fourth-order valence-electron chi connectivity index (χ4n) is 4.04. The van der Waals surface area contributed by atoms with Crippen LogP contribution in [0.25, 0.3) is 11.1 Å². The van der Waals surface area contributed by atoms with Crippen molar-refractivity contribution in [2.24, 2.45) is 0 Å². The van der Waals surface area contributed by atoms with Gasteiger partial charge in [0.1, 0.15) is 5.52 Å². The van der Waals surface area contributed by atoms with E-state index >= 15 is 0 Å². The van der Waals surface area contributed by atoms with Gasteiger partial charge in [0.25, 0.3) is 11.8 Å². The highest BCUT2D eigenvalue weighted by atomic mass is 16.3. The second kappa shape index (κ2) is 9.11. The van der Waals surface area contributed by atoms with Crippen molar-refractivity contribution in [1.82, 2.24) is 15.6 Å². The Morgan fingerprint density at radius 1 is 1.03 bits per heavy atom. The third-order valence-corrected chi connectivity index (χ3v) is 5.74. The van der Waals surface area contributed by atoms with Crippen LogP contribution < -0.4 is 10.6 Å². The molecule has 6 heteroatoms. The number of hydrogen-bond acceptors (Lipinski definition) is 4. The fraction of sp³-hybridized carbons (Fsp3) is 0.375. The molecule has 1 fully saturated rings. The monoisotopic (exact) mass is 405 g/mol. The normalized spacial score (nSPS) is 14.6. The first-order chi connectivity index (χ1) is 14.6. The smallest absolute Gasteiger partial charge is 0.251 e. The molecule has 0 atom stereocenters. The number of fused-ring (bicyclic) bond motifs is 1. The minimum atomic E-state index is -0.144. The van der Waals surface area contributed by atoms with Crippen LogP contribution in [0.2, 0.25) is 0 Å². The molecule has 4 rings (SSSR count).